The van der Waals surface area contributed by atoms with Gasteiger partial charge in [0.05, 0.1) is 0 Å². The van der Waals surface area contributed by atoms with E-state index in [-0.39, 0.29) is 5.54 Å². The molecule has 1 amide bonds. The summed E-state index contributed by atoms with van der Waals surface area (Å²) in [6, 6.07) is 0. The van der Waals surface area contributed by atoms with Crippen molar-refractivity contribution in [2.75, 3.05) is 20.1 Å². The van der Waals surface area contributed by atoms with Crippen molar-refractivity contribution >= 4 is 5.91 Å². The van der Waals surface area contributed by atoms with Crippen LogP contribution in [0.4, 0.5) is 0 Å². The molecule has 110 valence electrons. The number of amides is 1. The standard InChI is InChI=1S/C16H30N2O/c1-17-16(10-6-5-7-11-16)14-15(19)18-12-8-3-2-4-9-13-18/h17H,2-14H2,1H3. The summed E-state index contributed by atoms with van der Waals surface area (Å²) >= 11 is 0. The van der Waals surface area contributed by atoms with Crippen LogP contribution in [0.3, 0.4) is 0 Å². The Morgan fingerprint density at radius 1 is 0.947 bits per heavy atom. The van der Waals surface area contributed by atoms with Crippen LogP contribution in [-0.4, -0.2) is 36.5 Å². The van der Waals surface area contributed by atoms with E-state index in [0.717, 1.165) is 13.1 Å². The normalized spacial score (nSPS) is 24.6. The zero-order chi connectivity index (χ0) is 13.6. The molecule has 2 rings (SSSR count). The first-order valence-electron chi connectivity index (χ1n) is 8.22. The average molecular weight is 266 g/mol. The number of nitrogens with zero attached hydrogens (tertiary/aromatic N) is 1. The van der Waals surface area contributed by atoms with Crippen molar-refractivity contribution in [3.63, 3.8) is 0 Å². The predicted molar refractivity (Wildman–Crippen MR) is 79.2 cm³/mol. The molecule has 0 aromatic heterocycles. The number of likely N-dealkylation sites (tertiary alicyclic amines) is 1. The molecule has 0 atom stereocenters. The largest absolute Gasteiger partial charge is 0.343 e. The van der Waals surface area contributed by atoms with Crippen LogP contribution in [0.5, 0.6) is 0 Å². The van der Waals surface area contributed by atoms with Gasteiger partial charge in [0.1, 0.15) is 0 Å². The van der Waals surface area contributed by atoms with Crippen LogP contribution in [0.2, 0.25) is 0 Å². The minimum Gasteiger partial charge on any atom is -0.343 e. The Morgan fingerprint density at radius 3 is 2.05 bits per heavy atom. The number of rotatable bonds is 3. The lowest BCUT2D eigenvalue weighted by Gasteiger charge is -2.38. The monoisotopic (exact) mass is 266 g/mol. The molecule has 1 aliphatic heterocycles. The van der Waals surface area contributed by atoms with Gasteiger partial charge in [0.15, 0.2) is 0 Å². The molecule has 3 nitrogen and oxygen atoms in total. The van der Waals surface area contributed by atoms with Gasteiger partial charge >= 0.3 is 0 Å². The fourth-order valence-electron chi connectivity index (χ4n) is 3.64. The van der Waals surface area contributed by atoms with Gasteiger partial charge in [-0.25, -0.2) is 0 Å². The quantitative estimate of drug-likeness (QED) is 0.851. The fourth-order valence-corrected chi connectivity index (χ4v) is 3.64. The Morgan fingerprint density at radius 2 is 1.47 bits per heavy atom. The number of hydrogen-bond donors (Lipinski definition) is 1. The van der Waals surface area contributed by atoms with Gasteiger partial charge in [0, 0.05) is 25.0 Å². The fraction of sp³-hybridized carbons (Fsp3) is 0.938. The molecule has 0 bridgehead atoms. The van der Waals surface area contributed by atoms with E-state index in [4.69, 9.17) is 0 Å². The second kappa shape index (κ2) is 7.28. The van der Waals surface area contributed by atoms with Crippen molar-refractivity contribution in [1.82, 2.24) is 10.2 Å². The van der Waals surface area contributed by atoms with Gasteiger partial charge in [-0.2, -0.15) is 0 Å². The molecule has 1 N–H and O–H groups in total. The third-order valence-electron chi connectivity index (χ3n) is 5.04. The van der Waals surface area contributed by atoms with Crippen LogP contribution in [0.1, 0.15) is 70.6 Å². The number of hydrogen-bond acceptors (Lipinski definition) is 2. The van der Waals surface area contributed by atoms with E-state index in [2.05, 4.69) is 10.2 Å². The minimum atomic E-state index is 0.0949. The highest BCUT2D eigenvalue weighted by Gasteiger charge is 2.34. The van der Waals surface area contributed by atoms with Gasteiger partial charge in [-0.15, -0.1) is 0 Å². The Bertz CT molecular complexity index is 276. The lowest BCUT2D eigenvalue weighted by atomic mass is 9.79. The third-order valence-corrected chi connectivity index (χ3v) is 5.04. The first-order valence-corrected chi connectivity index (χ1v) is 8.22. The molecular weight excluding hydrogens is 236 g/mol. The Labute approximate surface area is 118 Å². The maximum atomic E-state index is 12.6. The number of nitrogens with one attached hydrogen (secondary N) is 1. The molecule has 0 unspecified atom stereocenters. The highest BCUT2D eigenvalue weighted by Crippen LogP contribution is 2.31. The van der Waals surface area contributed by atoms with Crippen molar-refractivity contribution in [2.45, 2.75) is 76.2 Å². The molecule has 1 heterocycles. The molecule has 0 aromatic rings. The van der Waals surface area contributed by atoms with Gasteiger partial charge in [-0.3, -0.25) is 4.79 Å². The predicted octanol–water partition coefficient (Wildman–Crippen LogP) is 3.09. The van der Waals surface area contributed by atoms with E-state index in [1.54, 1.807) is 0 Å². The molecule has 0 spiro atoms. The van der Waals surface area contributed by atoms with Gasteiger partial charge in [0.25, 0.3) is 0 Å². The molecule has 2 aliphatic rings. The maximum Gasteiger partial charge on any atom is 0.224 e. The summed E-state index contributed by atoms with van der Waals surface area (Å²) < 4.78 is 0. The highest BCUT2D eigenvalue weighted by molar-refractivity contribution is 5.77. The van der Waals surface area contributed by atoms with Crippen LogP contribution in [0.25, 0.3) is 0 Å². The minimum absolute atomic E-state index is 0.0949. The summed E-state index contributed by atoms with van der Waals surface area (Å²) in [6.07, 6.45) is 13.3. The van der Waals surface area contributed by atoms with Crippen molar-refractivity contribution in [3.8, 4) is 0 Å². The maximum absolute atomic E-state index is 12.6. The smallest absolute Gasteiger partial charge is 0.224 e. The lowest BCUT2D eigenvalue weighted by Crippen LogP contribution is -2.49. The van der Waals surface area contributed by atoms with E-state index < -0.39 is 0 Å². The zero-order valence-corrected chi connectivity index (χ0v) is 12.5. The summed E-state index contributed by atoms with van der Waals surface area (Å²) in [6.45, 7) is 1.97. The second-order valence-electron chi connectivity index (χ2n) is 6.42. The summed E-state index contributed by atoms with van der Waals surface area (Å²) in [7, 11) is 2.03. The molecule has 1 saturated carbocycles. The van der Waals surface area contributed by atoms with Crippen LogP contribution in [0, 0.1) is 0 Å². The summed E-state index contributed by atoms with van der Waals surface area (Å²) in [5.74, 6) is 0.387. The Kier molecular flexibility index (Phi) is 5.68. The van der Waals surface area contributed by atoms with E-state index in [0.29, 0.717) is 12.3 Å². The topological polar surface area (TPSA) is 32.3 Å². The van der Waals surface area contributed by atoms with Gasteiger partial charge < -0.3 is 10.2 Å². The first kappa shape index (κ1) is 14.8. The second-order valence-corrected chi connectivity index (χ2v) is 6.42. The van der Waals surface area contributed by atoms with Crippen molar-refractivity contribution in [2.24, 2.45) is 0 Å². The van der Waals surface area contributed by atoms with Crippen molar-refractivity contribution in [1.29, 1.82) is 0 Å². The van der Waals surface area contributed by atoms with Crippen LogP contribution >= 0.6 is 0 Å². The third kappa shape index (κ3) is 4.20. The molecule has 3 heteroatoms. The molecule has 1 saturated heterocycles. The van der Waals surface area contributed by atoms with Gasteiger partial charge in [-0.1, -0.05) is 38.5 Å². The van der Waals surface area contributed by atoms with E-state index in [1.165, 1.54) is 64.2 Å². The van der Waals surface area contributed by atoms with Gasteiger partial charge in [-0.05, 0) is 32.7 Å². The molecule has 0 radical (unpaired) electrons. The molecule has 0 aromatic carbocycles. The number of carbonyl (C=O) groups excluding carboxylic acids is 1. The summed E-state index contributed by atoms with van der Waals surface area (Å²) in [5.41, 5.74) is 0.0949. The molecular formula is C16H30N2O. The Hall–Kier alpha value is -0.570. The van der Waals surface area contributed by atoms with Gasteiger partial charge in [0.2, 0.25) is 5.91 Å². The lowest BCUT2D eigenvalue weighted by molar-refractivity contribution is -0.133. The highest BCUT2D eigenvalue weighted by atomic mass is 16.2. The molecule has 1 aliphatic carbocycles. The molecule has 2 fully saturated rings. The van der Waals surface area contributed by atoms with Crippen molar-refractivity contribution in [3.05, 3.63) is 0 Å². The zero-order valence-electron chi connectivity index (χ0n) is 12.5. The number of carbonyl (C=O) groups is 1. The Balaban J connectivity index is 1.90. The summed E-state index contributed by atoms with van der Waals surface area (Å²) in [4.78, 5) is 14.7. The van der Waals surface area contributed by atoms with E-state index in [9.17, 15) is 4.79 Å². The average Bonchev–Trinajstić information content (AvgIpc) is 2.39. The van der Waals surface area contributed by atoms with Crippen LogP contribution < -0.4 is 5.32 Å². The van der Waals surface area contributed by atoms with E-state index in [1.807, 2.05) is 7.05 Å². The van der Waals surface area contributed by atoms with E-state index >= 15 is 0 Å². The molecule has 19 heavy (non-hydrogen) atoms. The summed E-state index contributed by atoms with van der Waals surface area (Å²) in [5, 5.41) is 3.47. The SMILES string of the molecule is CNC1(CC(=O)N2CCCCCCC2)CCCCC1. The first-order chi connectivity index (χ1) is 9.26. The van der Waals surface area contributed by atoms with Crippen molar-refractivity contribution < 1.29 is 4.79 Å². The van der Waals surface area contributed by atoms with Crippen LogP contribution in [-0.2, 0) is 4.79 Å². The van der Waals surface area contributed by atoms with Crippen LogP contribution in [0.15, 0.2) is 0 Å².